The Hall–Kier alpha value is -5.80. The molecular formula is C31H31N9O3. The highest BCUT2D eigenvalue weighted by molar-refractivity contribution is 5.93. The first-order valence-electron chi connectivity index (χ1n) is 13.4. The van der Waals surface area contributed by atoms with Crippen LogP contribution in [0.15, 0.2) is 77.6 Å². The van der Waals surface area contributed by atoms with Gasteiger partial charge in [0.05, 0.1) is 22.3 Å². The molecule has 0 saturated heterocycles. The highest BCUT2D eigenvalue weighted by Crippen LogP contribution is 2.22. The third-order valence-electron chi connectivity index (χ3n) is 6.50. The minimum Gasteiger partial charge on any atom is -0.382 e. The lowest BCUT2D eigenvalue weighted by atomic mass is 10.1. The fourth-order valence-corrected chi connectivity index (χ4v) is 4.45. The molecule has 0 aliphatic carbocycles. The van der Waals surface area contributed by atoms with Gasteiger partial charge in [-0.1, -0.05) is 43.3 Å². The summed E-state index contributed by atoms with van der Waals surface area (Å²) in [6, 6.07) is 23.9. The molecule has 3 aromatic carbocycles. The third-order valence-corrected chi connectivity index (χ3v) is 6.50. The van der Waals surface area contributed by atoms with Gasteiger partial charge in [0.1, 0.15) is 23.3 Å². The van der Waals surface area contributed by atoms with Gasteiger partial charge in [-0.25, -0.2) is 15.4 Å². The van der Waals surface area contributed by atoms with Crippen LogP contribution in [0.3, 0.4) is 0 Å². The van der Waals surface area contributed by atoms with Gasteiger partial charge < -0.3 is 16.8 Å². The quantitative estimate of drug-likeness (QED) is 0.140. The van der Waals surface area contributed by atoms with E-state index in [0.29, 0.717) is 46.4 Å². The maximum absolute atomic E-state index is 13.6. The standard InChI is InChI=1S/C25H24N4O3.C6H7N5/c1-2-7-22-27-21-11-6-10-20(23(21)25(31)29(22)19-8-4-3-5-9-19)26-16-17-12-14-18(15-13-17)24(30)28-32;1-3-4(2-7)5(8)11-6(9)10-3/h3-6,8-15,26,32H,2,7,16H2,1H3,(H,28,30);1H3,(H4,8,9,10,11). The van der Waals surface area contributed by atoms with Crippen LogP contribution in [0.2, 0.25) is 0 Å². The van der Waals surface area contributed by atoms with Gasteiger partial charge in [-0.2, -0.15) is 10.2 Å². The number of anilines is 3. The summed E-state index contributed by atoms with van der Waals surface area (Å²) < 4.78 is 1.69. The second-order valence-corrected chi connectivity index (χ2v) is 9.48. The molecule has 0 bridgehead atoms. The molecule has 0 radical (unpaired) electrons. The van der Waals surface area contributed by atoms with Crippen molar-refractivity contribution in [3.8, 4) is 11.8 Å². The van der Waals surface area contributed by atoms with E-state index in [1.807, 2.05) is 54.6 Å². The predicted molar refractivity (Wildman–Crippen MR) is 165 cm³/mol. The number of fused-ring (bicyclic) bond motifs is 1. The lowest BCUT2D eigenvalue weighted by Gasteiger charge is -2.15. The Morgan fingerprint density at radius 3 is 2.35 bits per heavy atom. The monoisotopic (exact) mass is 577 g/mol. The number of benzene rings is 3. The number of rotatable bonds is 7. The third kappa shape index (κ3) is 6.92. The molecule has 0 unspecified atom stereocenters. The van der Waals surface area contributed by atoms with E-state index >= 15 is 0 Å². The van der Waals surface area contributed by atoms with Crippen molar-refractivity contribution in [2.75, 3.05) is 16.8 Å². The number of aromatic nitrogens is 4. The van der Waals surface area contributed by atoms with Crippen LogP contribution < -0.4 is 27.8 Å². The molecule has 0 aliphatic rings. The first-order chi connectivity index (χ1) is 20.8. The van der Waals surface area contributed by atoms with E-state index in [2.05, 4.69) is 22.2 Å². The molecule has 0 saturated carbocycles. The van der Waals surface area contributed by atoms with Crippen molar-refractivity contribution >= 4 is 34.3 Å². The summed E-state index contributed by atoms with van der Waals surface area (Å²) in [5.74, 6) is 0.414. The van der Waals surface area contributed by atoms with Gasteiger partial charge in [0.15, 0.2) is 0 Å². The fourth-order valence-electron chi connectivity index (χ4n) is 4.45. The molecule has 218 valence electrons. The van der Waals surface area contributed by atoms with Crippen LogP contribution in [0.4, 0.5) is 17.5 Å². The van der Waals surface area contributed by atoms with Gasteiger partial charge >= 0.3 is 0 Å². The highest BCUT2D eigenvalue weighted by atomic mass is 16.5. The van der Waals surface area contributed by atoms with Gasteiger partial charge in [-0.3, -0.25) is 19.4 Å². The van der Waals surface area contributed by atoms with Crippen LogP contribution in [-0.4, -0.2) is 30.6 Å². The Labute approximate surface area is 247 Å². The molecule has 0 aliphatic heterocycles. The lowest BCUT2D eigenvalue weighted by Crippen LogP contribution is -2.24. The van der Waals surface area contributed by atoms with Crippen molar-refractivity contribution in [3.63, 3.8) is 0 Å². The molecule has 2 heterocycles. The van der Waals surface area contributed by atoms with Crippen LogP contribution in [0.5, 0.6) is 0 Å². The number of nitrogen functional groups attached to an aromatic ring is 2. The van der Waals surface area contributed by atoms with E-state index < -0.39 is 5.91 Å². The predicted octanol–water partition coefficient (Wildman–Crippen LogP) is 3.89. The number of carbonyl (C=O) groups is 1. The normalized spacial score (nSPS) is 10.4. The number of carbonyl (C=O) groups excluding carboxylic acids is 1. The van der Waals surface area contributed by atoms with Crippen molar-refractivity contribution in [1.82, 2.24) is 25.0 Å². The van der Waals surface area contributed by atoms with Crippen LogP contribution in [0.1, 0.15) is 46.3 Å². The van der Waals surface area contributed by atoms with Crippen molar-refractivity contribution in [2.45, 2.75) is 33.2 Å². The number of amides is 1. The number of hydrogen-bond acceptors (Lipinski definition) is 10. The molecule has 2 aromatic heterocycles. The second kappa shape index (κ2) is 13.7. The van der Waals surface area contributed by atoms with Crippen molar-refractivity contribution < 1.29 is 10.0 Å². The average molecular weight is 578 g/mol. The van der Waals surface area contributed by atoms with E-state index in [1.165, 1.54) is 0 Å². The largest absolute Gasteiger partial charge is 0.382 e. The Morgan fingerprint density at radius 1 is 1.00 bits per heavy atom. The zero-order chi connectivity index (χ0) is 30.9. The van der Waals surface area contributed by atoms with Gasteiger partial charge in [0.2, 0.25) is 5.95 Å². The number of nitriles is 1. The van der Waals surface area contributed by atoms with Crippen molar-refractivity contribution in [3.05, 3.63) is 111 Å². The van der Waals surface area contributed by atoms with Crippen molar-refractivity contribution in [2.24, 2.45) is 0 Å². The van der Waals surface area contributed by atoms with Crippen LogP contribution >= 0.6 is 0 Å². The first kappa shape index (κ1) is 30.2. The van der Waals surface area contributed by atoms with Crippen molar-refractivity contribution in [1.29, 1.82) is 5.26 Å². The summed E-state index contributed by atoms with van der Waals surface area (Å²) in [6.45, 7) is 4.19. The molecule has 7 N–H and O–H groups in total. The zero-order valence-electron chi connectivity index (χ0n) is 23.7. The molecule has 0 atom stereocenters. The minimum atomic E-state index is -0.561. The number of nitrogens with two attached hydrogens (primary N) is 2. The smallest absolute Gasteiger partial charge is 0.274 e. The number of aryl methyl sites for hydroxylation is 2. The number of nitrogens with one attached hydrogen (secondary N) is 2. The van der Waals surface area contributed by atoms with E-state index in [4.69, 9.17) is 26.9 Å². The molecule has 5 aromatic rings. The topological polar surface area (TPSA) is 198 Å². The first-order valence-corrected chi connectivity index (χ1v) is 13.4. The summed E-state index contributed by atoms with van der Waals surface area (Å²) in [4.78, 5) is 37.3. The molecule has 5 rings (SSSR count). The molecule has 12 nitrogen and oxygen atoms in total. The Balaban J connectivity index is 0.000000324. The number of nitrogens with zero attached hydrogens (tertiary/aromatic N) is 5. The number of para-hydroxylation sites is 1. The number of hydrogen-bond donors (Lipinski definition) is 5. The minimum absolute atomic E-state index is 0.0963. The molecule has 0 fully saturated rings. The summed E-state index contributed by atoms with van der Waals surface area (Å²) in [7, 11) is 0. The van der Waals surface area contributed by atoms with Crippen LogP contribution in [-0.2, 0) is 13.0 Å². The fraction of sp³-hybridized carbons (Fsp3) is 0.161. The Morgan fingerprint density at radius 2 is 1.72 bits per heavy atom. The summed E-state index contributed by atoms with van der Waals surface area (Å²) in [5.41, 5.74) is 16.4. The average Bonchev–Trinajstić information content (AvgIpc) is 3.00. The highest BCUT2D eigenvalue weighted by Gasteiger charge is 2.15. The molecule has 1 amide bonds. The second-order valence-electron chi connectivity index (χ2n) is 9.48. The lowest BCUT2D eigenvalue weighted by molar-refractivity contribution is 0.0706. The molecule has 43 heavy (non-hydrogen) atoms. The SMILES string of the molecule is CCCc1nc2cccc(NCc3ccc(C(=O)NO)cc3)c2c(=O)n1-c1ccccc1.Cc1nc(N)nc(N)c1C#N. The maximum atomic E-state index is 13.6. The van der Waals surface area contributed by atoms with E-state index in [-0.39, 0.29) is 17.3 Å². The number of hydroxylamine groups is 1. The van der Waals surface area contributed by atoms with E-state index in [0.717, 1.165) is 23.5 Å². The molecule has 0 spiro atoms. The molecule has 12 heteroatoms. The Kier molecular flexibility index (Phi) is 9.62. The summed E-state index contributed by atoms with van der Waals surface area (Å²) >= 11 is 0. The van der Waals surface area contributed by atoms with E-state index in [9.17, 15) is 9.59 Å². The maximum Gasteiger partial charge on any atom is 0.274 e. The summed E-state index contributed by atoms with van der Waals surface area (Å²) in [6.07, 6.45) is 1.58. The van der Waals surface area contributed by atoms with Gasteiger partial charge in [-0.15, -0.1) is 0 Å². The Bertz CT molecular complexity index is 1830. The van der Waals surface area contributed by atoms with E-state index in [1.54, 1.807) is 41.2 Å². The van der Waals surface area contributed by atoms with Gasteiger partial charge in [0.25, 0.3) is 11.5 Å². The van der Waals surface area contributed by atoms with Gasteiger partial charge in [0, 0.05) is 24.2 Å². The summed E-state index contributed by atoms with van der Waals surface area (Å²) in [5, 5.41) is 21.2. The molecular weight excluding hydrogens is 546 g/mol. The zero-order valence-corrected chi connectivity index (χ0v) is 23.7. The van der Waals surface area contributed by atoms with Gasteiger partial charge in [-0.05, 0) is 55.3 Å². The van der Waals surface area contributed by atoms with Crippen LogP contribution in [0, 0.1) is 18.3 Å². The van der Waals surface area contributed by atoms with Crippen LogP contribution in [0.25, 0.3) is 16.6 Å².